The van der Waals surface area contributed by atoms with Crippen molar-refractivity contribution in [1.82, 2.24) is 15.1 Å². The number of nitrogens with zero attached hydrogens (tertiary/aromatic N) is 2. The van der Waals surface area contributed by atoms with Gasteiger partial charge in [-0.3, -0.25) is 9.59 Å². The number of aromatic amines is 1. The molecule has 1 amide bonds. The lowest BCUT2D eigenvalue weighted by Gasteiger charge is -2.10. The number of fused-ring (bicyclic) bond motifs is 3. The molecule has 4 rings (SSSR count). The van der Waals surface area contributed by atoms with Crippen LogP contribution in [0.1, 0.15) is 36.0 Å². The second kappa shape index (κ2) is 6.88. The molecule has 9 heteroatoms. The van der Waals surface area contributed by atoms with Crippen LogP contribution in [0.4, 0.5) is 5.82 Å². The molecule has 0 saturated heterocycles. The van der Waals surface area contributed by atoms with Gasteiger partial charge in [0.05, 0.1) is 10.6 Å². The highest BCUT2D eigenvalue weighted by Crippen LogP contribution is 2.34. The van der Waals surface area contributed by atoms with Crippen LogP contribution in [0, 0.1) is 6.92 Å². The van der Waals surface area contributed by atoms with Crippen LogP contribution in [0.2, 0.25) is 0 Å². The normalized spacial score (nSPS) is 15.0. The molecular formula is C17H18N4O3S2. The zero-order chi connectivity index (χ0) is 18.3. The molecule has 2 N–H and O–H groups in total. The first-order chi connectivity index (χ1) is 12.5. The van der Waals surface area contributed by atoms with E-state index in [1.54, 1.807) is 31.3 Å². The Morgan fingerprint density at radius 2 is 2.23 bits per heavy atom. The highest BCUT2D eigenvalue weighted by molar-refractivity contribution is 8.00. The summed E-state index contributed by atoms with van der Waals surface area (Å²) in [6, 6.07) is 1.65. The molecule has 0 unspecified atom stereocenters. The molecule has 0 aliphatic heterocycles. The summed E-state index contributed by atoms with van der Waals surface area (Å²) in [5.74, 6) is 0.776. The van der Waals surface area contributed by atoms with E-state index >= 15 is 0 Å². The number of anilines is 1. The number of thioether (sulfide) groups is 1. The van der Waals surface area contributed by atoms with E-state index in [2.05, 4.69) is 20.4 Å². The predicted octanol–water partition coefficient (Wildman–Crippen LogP) is 3.28. The number of aromatic nitrogens is 3. The summed E-state index contributed by atoms with van der Waals surface area (Å²) in [4.78, 5) is 34.3. The SMILES string of the molecule is Cc1cc(NC(=O)[C@H](C)Sc2nc3sc4c(c3c(=O)[nH]2)CCCC4)no1. The molecule has 3 aromatic rings. The first-order valence-electron chi connectivity index (χ1n) is 8.46. The summed E-state index contributed by atoms with van der Waals surface area (Å²) in [7, 11) is 0. The molecule has 136 valence electrons. The van der Waals surface area contributed by atoms with E-state index in [4.69, 9.17) is 4.52 Å². The van der Waals surface area contributed by atoms with Gasteiger partial charge in [0.15, 0.2) is 11.0 Å². The van der Waals surface area contributed by atoms with Crippen molar-refractivity contribution in [2.45, 2.75) is 49.9 Å². The van der Waals surface area contributed by atoms with Gasteiger partial charge in [-0.15, -0.1) is 11.3 Å². The Kier molecular flexibility index (Phi) is 4.58. The Morgan fingerprint density at radius 3 is 3.00 bits per heavy atom. The number of carbonyl (C=O) groups excluding carboxylic acids is 1. The molecular weight excluding hydrogens is 372 g/mol. The number of hydrogen-bond donors (Lipinski definition) is 2. The van der Waals surface area contributed by atoms with Crippen molar-refractivity contribution in [2.24, 2.45) is 0 Å². The van der Waals surface area contributed by atoms with Gasteiger partial charge in [0.1, 0.15) is 10.6 Å². The van der Waals surface area contributed by atoms with Gasteiger partial charge in [0, 0.05) is 10.9 Å². The van der Waals surface area contributed by atoms with E-state index in [0.29, 0.717) is 16.7 Å². The van der Waals surface area contributed by atoms with Crippen LogP contribution in [-0.2, 0) is 17.6 Å². The maximum absolute atomic E-state index is 12.6. The summed E-state index contributed by atoms with van der Waals surface area (Å²) >= 11 is 2.82. The molecule has 1 atom stereocenters. The molecule has 3 aromatic heterocycles. The Bertz CT molecular complexity index is 1040. The van der Waals surface area contributed by atoms with Gasteiger partial charge in [0.25, 0.3) is 5.56 Å². The summed E-state index contributed by atoms with van der Waals surface area (Å²) in [5.41, 5.74) is 1.05. The third kappa shape index (κ3) is 3.28. The quantitative estimate of drug-likeness (QED) is 0.524. The molecule has 0 fully saturated rings. The Balaban J connectivity index is 1.55. The molecule has 0 aromatic carbocycles. The fourth-order valence-corrected chi connectivity index (χ4v) is 5.19. The van der Waals surface area contributed by atoms with Crippen LogP contribution in [0.15, 0.2) is 20.5 Å². The van der Waals surface area contributed by atoms with Gasteiger partial charge in [0.2, 0.25) is 5.91 Å². The molecule has 1 aliphatic carbocycles. The van der Waals surface area contributed by atoms with Crippen LogP contribution >= 0.6 is 23.1 Å². The molecule has 0 spiro atoms. The largest absolute Gasteiger partial charge is 0.360 e. The number of carbonyl (C=O) groups is 1. The fourth-order valence-electron chi connectivity index (χ4n) is 3.07. The van der Waals surface area contributed by atoms with Crippen molar-refractivity contribution in [2.75, 3.05) is 5.32 Å². The van der Waals surface area contributed by atoms with Gasteiger partial charge < -0.3 is 14.8 Å². The minimum atomic E-state index is -0.442. The highest BCUT2D eigenvalue weighted by atomic mass is 32.2. The van der Waals surface area contributed by atoms with Crippen LogP contribution < -0.4 is 10.9 Å². The van der Waals surface area contributed by atoms with E-state index in [9.17, 15) is 9.59 Å². The first-order valence-corrected chi connectivity index (χ1v) is 10.2. The monoisotopic (exact) mass is 390 g/mol. The van der Waals surface area contributed by atoms with Gasteiger partial charge >= 0.3 is 0 Å². The number of rotatable bonds is 4. The Morgan fingerprint density at radius 1 is 1.42 bits per heavy atom. The summed E-state index contributed by atoms with van der Waals surface area (Å²) < 4.78 is 4.94. The van der Waals surface area contributed by atoms with Gasteiger partial charge in [-0.1, -0.05) is 16.9 Å². The Labute approximate surface area is 157 Å². The van der Waals surface area contributed by atoms with E-state index in [1.807, 2.05) is 0 Å². The van der Waals surface area contributed by atoms with E-state index < -0.39 is 5.25 Å². The van der Waals surface area contributed by atoms with Crippen molar-refractivity contribution in [3.8, 4) is 0 Å². The topological polar surface area (TPSA) is 101 Å². The molecule has 7 nitrogen and oxygen atoms in total. The molecule has 26 heavy (non-hydrogen) atoms. The lowest BCUT2D eigenvalue weighted by atomic mass is 9.97. The zero-order valence-corrected chi connectivity index (χ0v) is 16.1. The lowest BCUT2D eigenvalue weighted by Crippen LogP contribution is -2.23. The van der Waals surface area contributed by atoms with E-state index in [1.165, 1.54) is 16.6 Å². The van der Waals surface area contributed by atoms with E-state index in [-0.39, 0.29) is 11.5 Å². The standard InChI is InChI=1S/C17H18N4O3S2/c1-8-7-12(21-24-8)18-14(22)9(2)25-17-19-15(23)13-10-5-3-4-6-11(10)26-16(13)20-17/h7,9H,3-6H2,1-2H3,(H,18,21,22)(H,19,20,23)/t9-/m0/s1. The van der Waals surface area contributed by atoms with Gasteiger partial charge in [-0.25, -0.2) is 4.98 Å². The molecule has 1 aliphatic rings. The molecule has 0 saturated carbocycles. The first kappa shape index (κ1) is 17.3. The highest BCUT2D eigenvalue weighted by Gasteiger charge is 2.22. The van der Waals surface area contributed by atoms with Crippen molar-refractivity contribution in [3.05, 3.63) is 32.6 Å². The molecule has 0 bridgehead atoms. The van der Waals surface area contributed by atoms with Gasteiger partial charge in [-0.05, 0) is 45.1 Å². The van der Waals surface area contributed by atoms with Crippen molar-refractivity contribution >= 4 is 45.0 Å². The summed E-state index contributed by atoms with van der Waals surface area (Å²) in [6.45, 7) is 3.52. The smallest absolute Gasteiger partial charge is 0.260 e. The number of amides is 1. The number of thiophene rings is 1. The maximum atomic E-state index is 12.6. The van der Waals surface area contributed by atoms with Crippen molar-refractivity contribution in [3.63, 3.8) is 0 Å². The summed E-state index contributed by atoms with van der Waals surface area (Å²) in [6.07, 6.45) is 4.25. The third-order valence-electron chi connectivity index (χ3n) is 4.34. The predicted molar refractivity (Wildman–Crippen MR) is 102 cm³/mol. The average molecular weight is 390 g/mol. The fraction of sp³-hybridized carbons (Fsp3) is 0.412. The lowest BCUT2D eigenvalue weighted by molar-refractivity contribution is -0.115. The minimum Gasteiger partial charge on any atom is -0.360 e. The maximum Gasteiger partial charge on any atom is 0.260 e. The minimum absolute atomic E-state index is 0.114. The second-order valence-corrected chi connectivity index (χ2v) is 8.75. The van der Waals surface area contributed by atoms with Crippen LogP contribution in [0.3, 0.4) is 0 Å². The van der Waals surface area contributed by atoms with Crippen LogP contribution in [-0.4, -0.2) is 26.3 Å². The number of aryl methyl sites for hydroxylation is 3. The van der Waals surface area contributed by atoms with Crippen LogP contribution in [0.5, 0.6) is 0 Å². The number of nitrogens with one attached hydrogen (secondary N) is 2. The third-order valence-corrected chi connectivity index (χ3v) is 6.51. The molecule has 3 heterocycles. The van der Waals surface area contributed by atoms with Crippen molar-refractivity contribution < 1.29 is 9.32 Å². The number of H-pyrrole nitrogens is 1. The van der Waals surface area contributed by atoms with Crippen LogP contribution in [0.25, 0.3) is 10.2 Å². The Hall–Kier alpha value is -2.13. The zero-order valence-electron chi connectivity index (χ0n) is 14.4. The second-order valence-electron chi connectivity index (χ2n) is 6.33. The summed E-state index contributed by atoms with van der Waals surface area (Å²) in [5, 5.41) is 7.18. The molecule has 0 radical (unpaired) electrons. The number of hydrogen-bond acceptors (Lipinski definition) is 7. The van der Waals surface area contributed by atoms with E-state index in [0.717, 1.165) is 41.5 Å². The van der Waals surface area contributed by atoms with Gasteiger partial charge in [-0.2, -0.15) is 0 Å². The van der Waals surface area contributed by atoms with Crippen molar-refractivity contribution in [1.29, 1.82) is 0 Å². The average Bonchev–Trinajstić information content (AvgIpc) is 3.17.